The molecule has 1 unspecified atom stereocenters. The van der Waals surface area contributed by atoms with Gasteiger partial charge in [0.25, 0.3) is 5.56 Å². The number of aromatic amines is 1. The summed E-state index contributed by atoms with van der Waals surface area (Å²) in [6.45, 7) is -0.0938. The molecule has 0 amide bonds. The number of aromatic nitrogens is 4. The first-order valence-electron chi connectivity index (χ1n) is 6.69. The number of hydrogen-bond acceptors (Lipinski definition) is 9. The fourth-order valence-electron chi connectivity index (χ4n) is 2.38. The van der Waals surface area contributed by atoms with Crippen molar-refractivity contribution >= 4 is 25.4 Å². The fraction of sp³-hybridized carbons (Fsp3) is 0.545. The van der Waals surface area contributed by atoms with Crippen molar-refractivity contribution in [3.05, 3.63) is 16.7 Å². The molecule has 12 heteroatoms. The molecule has 3 rings (SSSR count). The second-order valence-electron chi connectivity index (χ2n) is 4.91. The normalized spacial score (nSPS) is 25.1. The number of aliphatic hydroxyl groups excluding tert-OH is 1. The molecule has 23 heavy (non-hydrogen) atoms. The molecule has 0 spiro atoms. The molecule has 124 valence electrons. The van der Waals surface area contributed by atoms with Gasteiger partial charge in [-0.05, 0) is 0 Å². The average Bonchev–Trinajstić information content (AvgIpc) is 3.08. The van der Waals surface area contributed by atoms with Crippen LogP contribution in [-0.2, 0) is 18.3 Å². The molecule has 4 atom stereocenters. The van der Waals surface area contributed by atoms with Crippen molar-refractivity contribution in [1.82, 2.24) is 19.5 Å². The van der Waals surface area contributed by atoms with Gasteiger partial charge in [-0.15, -0.1) is 9.05 Å². The second kappa shape index (κ2) is 6.30. The summed E-state index contributed by atoms with van der Waals surface area (Å²) < 4.78 is 27.7. The summed E-state index contributed by atoms with van der Waals surface area (Å²) in [6, 6.07) is 0. The highest BCUT2D eigenvalue weighted by atomic mass is 31.1. The molecule has 0 bridgehead atoms. The van der Waals surface area contributed by atoms with Crippen LogP contribution >= 0.6 is 8.25 Å². The van der Waals surface area contributed by atoms with Crippen LogP contribution in [0.4, 0.5) is 5.95 Å². The summed E-state index contributed by atoms with van der Waals surface area (Å²) >= 11 is 0. The largest absolute Gasteiger partial charge is 0.697 e. The molecular formula is C11H15N5O6P+. The van der Waals surface area contributed by atoms with Crippen LogP contribution < -0.4 is 11.3 Å². The Kier molecular flexibility index (Phi) is 4.37. The first-order valence-corrected chi connectivity index (χ1v) is 7.79. The lowest BCUT2D eigenvalue weighted by atomic mass is 10.2. The molecule has 4 N–H and O–H groups in total. The van der Waals surface area contributed by atoms with Crippen molar-refractivity contribution in [2.75, 3.05) is 19.5 Å². The van der Waals surface area contributed by atoms with Crippen molar-refractivity contribution in [3.63, 3.8) is 0 Å². The third-order valence-corrected chi connectivity index (χ3v) is 4.12. The molecule has 0 saturated carbocycles. The van der Waals surface area contributed by atoms with Crippen molar-refractivity contribution in [1.29, 1.82) is 0 Å². The van der Waals surface area contributed by atoms with Gasteiger partial charge in [0.05, 0.1) is 19.5 Å². The number of hydrogen-bond donors (Lipinski definition) is 3. The Balaban J connectivity index is 1.81. The Labute approximate surface area is 130 Å². The minimum absolute atomic E-state index is 0.0419. The van der Waals surface area contributed by atoms with Crippen LogP contribution in [0.1, 0.15) is 12.6 Å². The third kappa shape index (κ3) is 3.09. The van der Waals surface area contributed by atoms with E-state index in [9.17, 15) is 14.5 Å². The number of anilines is 1. The Morgan fingerprint density at radius 3 is 3.17 bits per heavy atom. The summed E-state index contributed by atoms with van der Waals surface area (Å²) in [5.41, 5.74) is 5.46. The summed E-state index contributed by atoms with van der Waals surface area (Å²) in [5.74, 6) is -0.0419. The predicted octanol–water partition coefficient (Wildman–Crippen LogP) is -0.329. The first kappa shape index (κ1) is 16.0. The van der Waals surface area contributed by atoms with Crippen molar-refractivity contribution in [2.24, 2.45) is 0 Å². The molecular weight excluding hydrogens is 329 g/mol. The number of nitrogens with one attached hydrogen (secondary N) is 1. The van der Waals surface area contributed by atoms with Crippen LogP contribution in [0.15, 0.2) is 11.1 Å². The van der Waals surface area contributed by atoms with E-state index >= 15 is 0 Å². The predicted molar refractivity (Wildman–Crippen MR) is 77.7 cm³/mol. The van der Waals surface area contributed by atoms with E-state index < -0.39 is 32.2 Å². The molecule has 2 aromatic heterocycles. The lowest BCUT2D eigenvalue weighted by Crippen LogP contribution is -2.25. The number of nitrogens with two attached hydrogens (primary N) is 1. The summed E-state index contributed by atoms with van der Waals surface area (Å²) in [7, 11) is -0.996. The summed E-state index contributed by atoms with van der Waals surface area (Å²) in [5, 5.41) is 10.0. The summed E-state index contributed by atoms with van der Waals surface area (Å²) in [4.78, 5) is 22.1. The number of H-pyrrole nitrogens is 1. The van der Waals surface area contributed by atoms with Gasteiger partial charge in [-0.25, -0.2) is 4.98 Å². The summed E-state index contributed by atoms with van der Waals surface area (Å²) in [6.07, 6.45) is -0.499. The van der Waals surface area contributed by atoms with Gasteiger partial charge in [0.2, 0.25) is 5.95 Å². The number of rotatable bonds is 5. The van der Waals surface area contributed by atoms with Crippen LogP contribution in [-0.4, -0.2) is 50.6 Å². The van der Waals surface area contributed by atoms with Gasteiger partial charge in [0.1, 0.15) is 18.9 Å². The Morgan fingerprint density at radius 2 is 2.43 bits per heavy atom. The van der Waals surface area contributed by atoms with Crippen molar-refractivity contribution < 1.29 is 23.5 Å². The van der Waals surface area contributed by atoms with Gasteiger partial charge < -0.3 is 15.6 Å². The van der Waals surface area contributed by atoms with Gasteiger partial charge in [0.15, 0.2) is 11.2 Å². The fourth-order valence-corrected chi connectivity index (χ4v) is 2.75. The maximum Gasteiger partial charge on any atom is 0.697 e. The number of ether oxygens (including phenoxy) is 1. The number of aliphatic hydroxyl groups is 1. The second-order valence-corrected chi connectivity index (χ2v) is 5.98. The standard InChI is InChI=1S/C11H14N5O6P/c1-20-23(19)21-3-6-5(17)2-7(22-6)16-4-13-8-9(16)14-11(12)15-10(8)18/h4-7,17H,2-3H2,1H3,(H2-,12,14,15,18)/p+1/t5-,6+,7+/m0/s1. The highest BCUT2D eigenvalue weighted by molar-refractivity contribution is 7.33. The molecule has 0 aromatic carbocycles. The molecule has 1 fully saturated rings. The molecule has 1 saturated heterocycles. The van der Waals surface area contributed by atoms with E-state index in [4.69, 9.17) is 15.0 Å². The number of imidazole rings is 1. The topological polar surface area (TPSA) is 155 Å². The Bertz CT molecular complexity index is 791. The van der Waals surface area contributed by atoms with Gasteiger partial charge in [-0.3, -0.25) is 14.3 Å². The van der Waals surface area contributed by atoms with Crippen LogP contribution in [0.25, 0.3) is 11.2 Å². The lowest BCUT2D eigenvalue weighted by Gasteiger charge is -2.13. The highest BCUT2D eigenvalue weighted by Crippen LogP contribution is 2.32. The number of nitrogens with zero attached hydrogens (tertiary/aromatic N) is 3. The van der Waals surface area contributed by atoms with Crippen LogP contribution in [0.3, 0.4) is 0 Å². The molecule has 0 radical (unpaired) electrons. The van der Waals surface area contributed by atoms with E-state index in [-0.39, 0.29) is 30.1 Å². The quantitative estimate of drug-likeness (QED) is 0.618. The zero-order chi connectivity index (χ0) is 16.6. The number of nitrogen functional groups attached to an aromatic ring is 1. The minimum atomic E-state index is -2.24. The molecule has 11 nitrogen and oxygen atoms in total. The van der Waals surface area contributed by atoms with Gasteiger partial charge in [-0.1, -0.05) is 0 Å². The molecule has 0 aliphatic carbocycles. The molecule has 1 aliphatic heterocycles. The molecule has 1 aliphatic rings. The Hall–Kier alpha value is -1.91. The first-order chi connectivity index (χ1) is 11.0. The minimum Gasteiger partial charge on any atom is -0.390 e. The van der Waals surface area contributed by atoms with E-state index in [1.165, 1.54) is 18.0 Å². The van der Waals surface area contributed by atoms with Gasteiger partial charge in [0, 0.05) is 11.0 Å². The maximum atomic E-state index is 11.8. The van der Waals surface area contributed by atoms with E-state index in [1.54, 1.807) is 0 Å². The SMILES string of the molecule is CO[P+](=O)OC[C@H]1O[C@@H](n2cnc3c(=O)[nH]c(N)nc32)C[C@@H]1O. The average molecular weight is 344 g/mol. The highest BCUT2D eigenvalue weighted by Gasteiger charge is 2.38. The van der Waals surface area contributed by atoms with E-state index in [1.807, 2.05) is 0 Å². The smallest absolute Gasteiger partial charge is 0.390 e. The maximum absolute atomic E-state index is 11.8. The van der Waals surface area contributed by atoms with Gasteiger partial charge >= 0.3 is 8.25 Å². The van der Waals surface area contributed by atoms with E-state index in [2.05, 4.69) is 19.5 Å². The van der Waals surface area contributed by atoms with Crippen LogP contribution in [0.2, 0.25) is 0 Å². The molecule has 3 heterocycles. The third-order valence-electron chi connectivity index (χ3n) is 3.46. The monoisotopic (exact) mass is 344 g/mol. The van der Waals surface area contributed by atoms with E-state index in [0.29, 0.717) is 0 Å². The van der Waals surface area contributed by atoms with E-state index in [0.717, 1.165) is 0 Å². The van der Waals surface area contributed by atoms with Gasteiger partial charge in [-0.2, -0.15) is 4.98 Å². The van der Waals surface area contributed by atoms with Crippen LogP contribution in [0.5, 0.6) is 0 Å². The van der Waals surface area contributed by atoms with Crippen LogP contribution in [0, 0.1) is 0 Å². The zero-order valence-electron chi connectivity index (χ0n) is 12.1. The molecule has 2 aromatic rings. The van der Waals surface area contributed by atoms with Crippen molar-refractivity contribution in [3.8, 4) is 0 Å². The lowest BCUT2D eigenvalue weighted by molar-refractivity contribution is -0.0388. The Morgan fingerprint density at radius 1 is 1.65 bits per heavy atom. The zero-order valence-corrected chi connectivity index (χ0v) is 13.0. The number of fused-ring (bicyclic) bond motifs is 1. The van der Waals surface area contributed by atoms with Crippen molar-refractivity contribution in [2.45, 2.75) is 24.9 Å².